The van der Waals surface area contributed by atoms with Crippen molar-refractivity contribution in [3.8, 4) is 17.7 Å². The summed E-state index contributed by atoms with van der Waals surface area (Å²) in [5.41, 5.74) is -0.441. The van der Waals surface area contributed by atoms with E-state index in [0.29, 0.717) is 57.7 Å². The molecule has 0 unspecified atom stereocenters. The number of alkyl halides is 3. The molecule has 1 saturated heterocycles. The van der Waals surface area contributed by atoms with Gasteiger partial charge < -0.3 is 24.0 Å². The molecule has 37 heavy (non-hydrogen) atoms. The Morgan fingerprint density at radius 1 is 1.08 bits per heavy atom. The molecule has 0 N–H and O–H groups in total. The summed E-state index contributed by atoms with van der Waals surface area (Å²) in [5.74, 6) is 0.596. The Kier molecular flexibility index (Phi) is 8.38. The first-order valence-corrected chi connectivity index (χ1v) is 12.2. The molecular weight excluding hydrogens is 489 g/mol. The largest absolute Gasteiger partial charge is 0.490 e. The molecule has 1 aromatic heterocycles. The summed E-state index contributed by atoms with van der Waals surface area (Å²) in [5, 5.41) is 8.93. The first-order valence-electron chi connectivity index (χ1n) is 12.2. The minimum atomic E-state index is -4.62. The molecule has 0 atom stereocenters. The van der Waals surface area contributed by atoms with E-state index in [0.717, 1.165) is 17.8 Å². The number of carbonyl (C=O) groups is 1. The zero-order chi connectivity index (χ0) is 26.4. The van der Waals surface area contributed by atoms with Crippen LogP contribution in [0.15, 0.2) is 36.5 Å². The van der Waals surface area contributed by atoms with Gasteiger partial charge in [0.05, 0.1) is 48.4 Å². The molecule has 1 aliphatic carbocycles. The lowest BCUT2D eigenvalue weighted by molar-refractivity contribution is -0.140. The summed E-state index contributed by atoms with van der Waals surface area (Å²) < 4.78 is 56.3. The van der Waals surface area contributed by atoms with Crippen molar-refractivity contribution in [3.63, 3.8) is 0 Å². The number of anilines is 1. The Labute approximate surface area is 213 Å². The minimum Gasteiger partial charge on any atom is -0.490 e. The highest BCUT2D eigenvalue weighted by Gasteiger charge is 2.34. The van der Waals surface area contributed by atoms with Gasteiger partial charge in [-0.05, 0) is 49.9 Å². The molecule has 1 saturated carbocycles. The highest BCUT2D eigenvalue weighted by Crippen LogP contribution is 2.35. The van der Waals surface area contributed by atoms with E-state index in [1.54, 1.807) is 24.3 Å². The van der Waals surface area contributed by atoms with Gasteiger partial charge in [0.1, 0.15) is 12.4 Å². The zero-order valence-corrected chi connectivity index (χ0v) is 20.5. The van der Waals surface area contributed by atoms with E-state index in [1.165, 1.54) is 6.07 Å². The Morgan fingerprint density at radius 3 is 2.38 bits per heavy atom. The first kappa shape index (κ1) is 26.5. The molecule has 198 valence electrons. The van der Waals surface area contributed by atoms with Crippen LogP contribution in [0.4, 0.5) is 18.9 Å². The molecule has 11 heteroatoms. The number of nitrogens with zero attached hydrogens (tertiary/aromatic N) is 4. The molecular formula is C26H29F3N4O4. The Bertz CT molecular complexity index is 1100. The van der Waals surface area contributed by atoms with Crippen LogP contribution >= 0.6 is 0 Å². The van der Waals surface area contributed by atoms with E-state index in [1.807, 2.05) is 12.1 Å². The zero-order valence-electron chi connectivity index (χ0n) is 20.5. The number of carbonyl (C=O) groups excluding carboxylic acids is 1. The number of hydrogen-bond acceptors (Lipinski definition) is 7. The second-order valence-electron chi connectivity index (χ2n) is 9.07. The van der Waals surface area contributed by atoms with Crippen molar-refractivity contribution in [2.24, 2.45) is 0 Å². The van der Waals surface area contributed by atoms with E-state index >= 15 is 0 Å². The van der Waals surface area contributed by atoms with Crippen LogP contribution in [0.5, 0.6) is 11.6 Å². The number of ether oxygens (including phenoxy) is 3. The fourth-order valence-electron chi connectivity index (χ4n) is 4.61. The quantitative estimate of drug-likeness (QED) is 0.547. The van der Waals surface area contributed by atoms with E-state index in [4.69, 9.17) is 19.5 Å². The normalized spacial score (nSPS) is 20.3. The monoisotopic (exact) mass is 518 g/mol. The van der Waals surface area contributed by atoms with Crippen LogP contribution in [0.3, 0.4) is 0 Å². The maximum atomic E-state index is 13.2. The Balaban J connectivity index is 1.18. The SMILES string of the molecule is COc1ccc(N2CCN(C(=O)CO[C@H]3CC[C@H](Oc4ccc(C#N)c(C(F)(F)F)c4)CC3)CC2)cn1. The molecule has 1 aliphatic heterocycles. The predicted octanol–water partition coefficient (Wildman–Crippen LogP) is 4.04. The molecule has 0 radical (unpaired) electrons. The fourth-order valence-corrected chi connectivity index (χ4v) is 4.61. The van der Waals surface area contributed by atoms with E-state index in [-0.39, 0.29) is 30.5 Å². The van der Waals surface area contributed by atoms with Gasteiger partial charge in [-0.3, -0.25) is 4.79 Å². The third kappa shape index (κ3) is 6.83. The molecule has 2 heterocycles. The second-order valence-corrected chi connectivity index (χ2v) is 9.07. The number of rotatable bonds is 7. The predicted molar refractivity (Wildman–Crippen MR) is 128 cm³/mol. The van der Waals surface area contributed by atoms with Gasteiger partial charge in [-0.1, -0.05) is 0 Å². The molecule has 0 bridgehead atoms. The average molecular weight is 519 g/mol. The number of piperazine rings is 1. The third-order valence-electron chi connectivity index (χ3n) is 6.71. The lowest BCUT2D eigenvalue weighted by atomic mass is 9.95. The van der Waals surface area contributed by atoms with Gasteiger partial charge in [0.25, 0.3) is 0 Å². The number of methoxy groups -OCH3 is 1. The van der Waals surface area contributed by atoms with Crippen LogP contribution in [-0.4, -0.2) is 67.9 Å². The van der Waals surface area contributed by atoms with Crippen LogP contribution < -0.4 is 14.4 Å². The fraction of sp³-hybridized carbons (Fsp3) is 0.500. The molecule has 0 spiro atoms. The lowest BCUT2D eigenvalue weighted by Crippen LogP contribution is -2.50. The number of nitriles is 1. The molecule has 2 fully saturated rings. The summed E-state index contributed by atoms with van der Waals surface area (Å²) in [4.78, 5) is 20.8. The van der Waals surface area contributed by atoms with Crippen LogP contribution in [0, 0.1) is 11.3 Å². The molecule has 1 aromatic carbocycles. The van der Waals surface area contributed by atoms with Gasteiger partial charge in [-0.2, -0.15) is 18.4 Å². The van der Waals surface area contributed by atoms with Crippen LogP contribution in [0.25, 0.3) is 0 Å². The second kappa shape index (κ2) is 11.7. The highest BCUT2D eigenvalue weighted by molar-refractivity contribution is 5.77. The van der Waals surface area contributed by atoms with Crippen molar-refractivity contribution in [1.29, 1.82) is 5.26 Å². The minimum absolute atomic E-state index is 0.00481. The Hall–Kier alpha value is -3.52. The summed E-state index contributed by atoms with van der Waals surface area (Å²) in [7, 11) is 1.57. The third-order valence-corrected chi connectivity index (χ3v) is 6.71. The maximum Gasteiger partial charge on any atom is 0.417 e. The summed E-state index contributed by atoms with van der Waals surface area (Å²) in [6.07, 6.45) is -0.689. The van der Waals surface area contributed by atoms with Crippen molar-refractivity contribution < 1.29 is 32.2 Å². The van der Waals surface area contributed by atoms with Gasteiger partial charge in [-0.25, -0.2) is 4.98 Å². The topological polar surface area (TPSA) is 87.9 Å². The maximum absolute atomic E-state index is 13.2. The Morgan fingerprint density at radius 2 is 1.78 bits per heavy atom. The standard InChI is InChI=1S/C26H29F3N4O4/c1-35-24-9-3-19(16-31-24)32-10-12-33(13-11-32)25(34)17-36-20-5-7-21(8-6-20)37-22-4-2-18(15-30)23(14-22)26(27,28)29/h2-4,9,14,16,20-21H,5-8,10-13,17H2,1H3/t20-,21-. The lowest BCUT2D eigenvalue weighted by Gasteiger charge is -2.36. The molecule has 2 aromatic rings. The van der Waals surface area contributed by atoms with Crippen LogP contribution in [0.1, 0.15) is 36.8 Å². The van der Waals surface area contributed by atoms with Crippen molar-refractivity contribution in [1.82, 2.24) is 9.88 Å². The number of hydrogen-bond donors (Lipinski definition) is 0. The van der Waals surface area contributed by atoms with Crippen molar-refractivity contribution >= 4 is 11.6 Å². The number of amides is 1. The van der Waals surface area contributed by atoms with E-state index in [2.05, 4.69) is 9.88 Å². The molecule has 2 aliphatic rings. The van der Waals surface area contributed by atoms with Gasteiger partial charge in [-0.15, -0.1) is 0 Å². The number of pyridine rings is 1. The first-order chi connectivity index (χ1) is 17.8. The molecule has 1 amide bonds. The van der Waals surface area contributed by atoms with Gasteiger partial charge in [0.15, 0.2) is 0 Å². The van der Waals surface area contributed by atoms with Crippen molar-refractivity contribution in [2.45, 2.75) is 44.1 Å². The van der Waals surface area contributed by atoms with Crippen molar-refractivity contribution in [3.05, 3.63) is 47.7 Å². The smallest absolute Gasteiger partial charge is 0.417 e. The van der Waals surface area contributed by atoms with E-state index < -0.39 is 17.3 Å². The molecule has 4 rings (SSSR count). The number of benzene rings is 1. The van der Waals surface area contributed by atoms with Gasteiger partial charge in [0, 0.05) is 32.2 Å². The summed E-state index contributed by atoms with van der Waals surface area (Å²) >= 11 is 0. The molecule has 8 nitrogen and oxygen atoms in total. The highest BCUT2D eigenvalue weighted by atomic mass is 19.4. The van der Waals surface area contributed by atoms with Gasteiger partial charge >= 0.3 is 6.18 Å². The summed E-state index contributed by atoms with van der Waals surface area (Å²) in [6, 6.07) is 8.72. The van der Waals surface area contributed by atoms with Gasteiger partial charge in [0.2, 0.25) is 11.8 Å². The van der Waals surface area contributed by atoms with E-state index in [9.17, 15) is 18.0 Å². The number of aromatic nitrogens is 1. The van der Waals surface area contributed by atoms with Crippen molar-refractivity contribution in [2.75, 3.05) is 44.8 Å². The average Bonchev–Trinajstić information content (AvgIpc) is 2.92. The summed E-state index contributed by atoms with van der Waals surface area (Å²) in [6.45, 7) is 2.60. The van der Waals surface area contributed by atoms with Crippen LogP contribution in [0.2, 0.25) is 0 Å². The van der Waals surface area contributed by atoms with Crippen LogP contribution in [-0.2, 0) is 15.7 Å². The number of halogens is 3.